The molecule has 3 atom stereocenters. The molecule has 1 fully saturated rings. The van der Waals surface area contributed by atoms with Crippen LogP contribution in [0, 0.1) is 17.6 Å². The zero-order valence-electron chi connectivity index (χ0n) is 9.62. The summed E-state index contributed by atoms with van der Waals surface area (Å²) in [5.74, 6) is 4.76. The zero-order chi connectivity index (χ0) is 12.4. The number of benzene rings is 1. The van der Waals surface area contributed by atoms with Gasteiger partial charge in [0.2, 0.25) is 0 Å². The van der Waals surface area contributed by atoms with Gasteiger partial charge < -0.3 is 4.74 Å². The molecule has 1 saturated heterocycles. The standard InChI is InChI=1S/C12H16F2N2O/c1-7-4-5-17-12(7)11(16-15)9-6-8(13)2-3-10(9)14/h2-3,6-7,11-12,16H,4-5,15H2,1H3. The quantitative estimate of drug-likeness (QED) is 0.628. The van der Waals surface area contributed by atoms with Gasteiger partial charge in [-0.1, -0.05) is 6.92 Å². The van der Waals surface area contributed by atoms with Crippen molar-refractivity contribution in [3.63, 3.8) is 0 Å². The van der Waals surface area contributed by atoms with E-state index in [-0.39, 0.29) is 17.6 Å². The van der Waals surface area contributed by atoms with E-state index in [0.29, 0.717) is 6.61 Å². The maximum atomic E-state index is 13.7. The fourth-order valence-corrected chi connectivity index (χ4v) is 2.26. The Balaban J connectivity index is 2.31. The van der Waals surface area contributed by atoms with Crippen LogP contribution in [0.3, 0.4) is 0 Å². The number of nitrogens with two attached hydrogens (primary N) is 1. The highest BCUT2D eigenvalue weighted by Gasteiger charge is 2.34. The topological polar surface area (TPSA) is 47.3 Å². The molecule has 5 heteroatoms. The second kappa shape index (κ2) is 5.08. The van der Waals surface area contributed by atoms with Crippen LogP contribution in [0.1, 0.15) is 24.9 Å². The lowest BCUT2D eigenvalue weighted by molar-refractivity contribution is 0.0595. The maximum absolute atomic E-state index is 13.7. The van der Waals surface area contributed by atoms with E-state index in [1.54, 1.807) is 0 Å². The molecule has 0 amide bonds. The summed E-state index contributed by atoms with van der Waals surface area (Å²) in [6, 6.07) is 2.83. The summed E-state index contributed by atoms with van der Waals surface area (Å²) in [7, 11) is 0. The van der Waals surface area contributed by atoms with Crippen LogP contribution in [-0.2, 0) is 4.74 Å². The van der Waals surface area contributed by atoms with Crippen molar-refractivity contribution in [3.8, 4) is 0 Å². The minimum Gasteiger partial charge on any atom is -0.376 e. The molecule has 1 aliphatic rings. The summed E-state index contributed by atoms with van der Waals surface area (Å²) < 4.78 is 32.4. The van der Waals surface area contributed by atoms with Crippen molar-refractivity contribution in [2.75, 3.05) is 6.61 Å². The molecular formula is C12H16F2N2O. The summed E-state index contributed by atoms with van der Waals surface area (Å²) in [4.78, 5) is 0. The molecule has 1 aromatic rings. The first-order valence-corrected chi connectivity index (χ1v) is 5.66. The van der Waals surface area contributed by atoms with E-state index < -0.39 is 17.7 Å². The molecule has 17 heavy (non-hydrogen) atoms. The zero-order valence-corrected chi connectivity index (χ0v) is 9.62. The van der Waals surface area contributed by atoms with Gasteiger partial charge in [0, 0.05) is 12.2 Å². The molecule has 3 N–H and O–H groups in total. The number of hydrazine groups is 1. The van der Waals surface area contributed by atoms with Crippen LogP contribution in [-0.4, -0.2) is 12.7 Å². The second-order valence-corrected chi connectivity index (χ2v) is 4.41. The average molecular weight is 242 g/mol. The Morgan fingerprint density at radius 2 is 2.24 bits per heavy atom. The number of ether oxygens (including phenoxy) is 1. The molecule has 3 nitrogen and oxygen atoms in total. The molecule has 2 rings (SSSR count). The Bertz CT molecular complexity index is 400. The lowest BCUT2D eigenvalue weighted by atomic mass is 9.92. The normalized spacial score (nSPS) is 26.1. The molecule has 3 unspecified atom stereocenters. The molecule has 0 bridgehead atoms. The first-order chi connectivity index (χ1) is 8.13. The van der Waals surface area contributed by atoms with E-state index in [2.05, 4.69) is 5.43 Å². The first-order valence-electron chi connectivity index (χ1n) is 5.66. The Labute approximate surface area is 98.9 Å². The SMILES string of the molecule is CC1CCOC1C(NN)c1cc(F)ccc1F. The fraction of sp³-hybridized carbons (Fsp3) is 0.500. The number of halogens is 2. The minimum absolute atomic E-state index is 0.214. The average Bonchev–Trinajstić information content (AvgIpc) is 2.71. The predicted octanol–water partition coefficient (Wildman–Crippen LogP) is 1.89. The Hall–Kier alpha value is -1.04. The third kappa shape index (κ3) is 2.46. The molecule has 0 spiro atoms. The van der Waals surface area contributed by atoms with Gasteiger partial charge in [0.05, 0.1) is 12.1 Å². The molecule has 1 aromatic carbocycles. The summed E-state index contributed by atoms with van der Waals surface area (Å²) in [5.41, 5.74) is 2.74. The summed E-state index contributed by atoms with van der Waals surface area (Å²) in [6.07, 6.45) is 0.677. The largest absolute Gasteiger partial charge is 0.376 e. The van der Waals surface area contributed by atoms with Crippen molar-refractivity contribution in [1.29, 1.82) is 0 Å². The molecule has 94 valence electrons. The summed E-state index contributed by atoms with van der Waals surface area (Å²) in [6.45, 7) is 2.64. The van der Waals surface area contributed by atoms with E-state index in [1.165, 1.54) is 0 Å². The number of hydrogen-bond acceptors (Lipinski definition) is 3. The van der Waals surface area contributed by atoms with E-state index in [1.807, 2.05) is 6.92 Å². The minimum atomic E-state index is -0.525. The fourth-order valence-electron chi connectivity index (χ4n) is 2.26. The Kier molecular flexibility index (Phi) is 3.71. The highest BCUT2D eigenvalue weighted by molar-refractivity contribution is 5.23. The van der Waals surface area contributed by atoms with Crippen LogP contribution < -0.4 is 11.3 Å². The second-order valence-electron chi connectivity index (χ2n) is 4.41. The molecule has 0 aliphatic carbocycles. The lowest BCUT2D eigenvalue weighted by Crippen LogP contribution is -2.39. The highest BCUT2D eigenvalue weighted by Crippen LogP contribution is 2.32. The van der Waals surface area contributed by atoms with Gasteiger partial charge in [0.25, 0.3) is 0 Å². The number of rotatable bonds is 3. The van der Waals surface area contributed by atoms with Crippen LogP contribution in [0.2, 0.25) is 0 Å². The van der Waals surface area contributed by atoms with E-state index in [9.17, 15) is 8.78 Å². The monoisotopic (exact) mass is 242 g/mol. The van der Waals surface area contributed by atoms with Crippen LogP contribution in [0.25, 0.3) is 0 Å². The molecule has 0 aromatic heterocycles. The van der Waals surface area contributed by atoms with E-state index in [0.717, 1.165) is 24.6 Å². The summed E-state index contributed by atoms with van der Waals surface area (Å²) in [5, 5.41) is 0. The van der Waals surface area contributed by atoms with Crippen molar-refractivity contribution >= 4 is 0 Å². The lowest BCUT2D eigenvalue weighted by Gasteiger charge is -2.26. The van der Waals surface area contributed by atoms with E-state index >= 15 is 0 Å². The molecular weight excluding hydrogens is 226 g/mol. The smallest absolute Gasteiger partial charge is 0.128 e. The molecule has 0 radical (unpaired) electrons. The van der Waals surface area contributed by atoms with Gasteiger partial charge in [0.15, 0.2) is 0 Å². The highest BCUT2D eigenvalue weighted by atomic mass is 19.1. The van der Waals surface area contributed by atoms with Gasteiger partial charge in [0.1, 0.15) is 11.6 Å². The van der Waals surface area contributed by atoms with Crippen molar-refractivity contribution < 1.29 is 13.5 Å². The van der Waals surface area contributed by atoms with Crippen molar-refractivity contribution in [2.45, 2.75) is 25.5 Å². The first kappa shape index (κ1) is 12.4. The van der Waals surface area contributed by atoms with Crippen molar-refractivity contribution in [2.24, 2.45) is 11.8 Å². The Morgan fingerprint density at radius 1 is 1.47 bits per heavy atom. The van der Waals surface area contributed by atoms with Gasteiger partial charge in [-0.25, -0.2) is 8.78 Å². The van der Waals surface area contributed by atoms with Crippen molar-refractivity contribution in [3.05, 3.63) is 35.4 Å². The van der Waals surface area contributed by atoms with Crippen LogP contribution in [0.4, 0.5) is 8.78 Å². The van der Waals surface area contributed by atoms with E-state index in [4.69, 9.17) is 10.6 Å². The third-order valence-corrected chi connectivity index (χ3v) is 3.25. The van der Waals surface area contributed by atoms with Gasteiger partial charge in [-0.3, -0.25) is 11.3 Å². The van der Waals surface area contributed by atoms with Crippen LogP contribution in [0.5, 0.6) is 0 Å². The van der Waals surface area contributed by atoms with Gasteiger partial charge >= 0.3 is 0 Å². The third-order valence-electron chi connectivity index (χ3n) is 3.25. The van der Waals surface area contributed by atoms with Crippen molar-refractivity contribution in [1.82, 2.24) is 5.43 Å². The molecule has 1 aliphatic heterocycles. The summed E-state index contributed by atoms with van der Waals surface area (Å²) >= 11 is 0. The number of hydrogen-bond donors (Lipinski definition) is 2. The molecule has 1 heterocycles. The predicted molar refractivity (Wildman–Crippen MR) is 59.9 cm³/mol. The van der Waals surface area contributed by atoms with Crippen LogP contribution >= 0.6 is 0 Å². The maximum Gasteiger partial charge on any atom is 0.128 e. The van der Waals surface area contributed by atoms with Crippen LogP contribution in [0.15, 0.2) is 18.2 Å². The van der Waals surface area contributed by atoms with Gasteiger partial charge in [-0.15, -0.1) is 0 Å². The van der Waals surface area contributed by atoms with Gasteiger partial charge in [-0.05, 0) is 30.5 Å². The van der Waals surface area contributed by atoms with Gasteiger partial charge in [-0.2, -0.15) is 0 Å². The molecule has 0 saturated carbocycles. The number of nitrogens with one attached hydrogen (secondary N) is 1. The Morgan fingerprint density at radius 3 is 2.82 bits per heavy atom.